The first-order valence-corrected chi connectivity index (χ1v) is 6.86. The highest BCUT2D eigenvalue weighted by molar-refractivity contribution is 5.94. The highest BCUT2D eigenvalue weighted by Gasteiger charge is 2.30. The molecule has 2 aromatic rings. The summed E-state index contributed by atoms with van der Waals surface area (Å²) in [6.07, 6.45) is -5.46. The SMILES string of the molecule is CC(=O)c1ccc(OCC(O)c2ccc(C(F)(F)F)cc2)cc1. The summed E-state index contributed by atoms with van der Waals surface area (Å²) in [6.45, 7) is 1.34. The zero-order valence-corrected chi connectivity index (χ0v) is 12.3. The van der Waals surface area contributed by atoms with Gasteiger partial charge in [0.25, 0.3) is 0 Å². The first-order chi connectivity index (χ1) is 10.8. The van der Waals surface area contributed by atoms with Gasteiger partial charge in [-0.1, -0.05) is 12.1 Å². The molecule has 0 aliphatic heterocycles. The van der Waals surface area contributed by atoms with Crippen molar-refractivity contribution in [2.24, 2.45) is 0 Å². The van der Waals surface area contributed by atoms with Crippen molar-refractivity contribution in [2.75, 3.05) is 6.61 Å². The molecule has 0 saturated carbocycles. The second kappa shape index (κ2) is 6.83. The van der Waals surface area contributed by atoms with Crippen molar-refractivity contribution in [3.63, 3.8) is 0 Å². The average molecular weight is 324 g/mol. The third-order valence-electron chi connectivity index (χ3n) is 3.29. The Balaban J connectivity index is 1.96. The average Bonchev–Trinajstić information content (AvgIpc) is 2.52. The van der Waals surface area contributed by atoms with Gasteiger partial charge in [0.05, 0.1) is 5.56 Å². The Morgan fingerprint density at radius 3 is 2.13 bits per heavy atom. The normalized spacial score (nSPS) is 12.7. The minimum Gasteiger partial charge on any atom is -0.491 e. The lowest BCUT2D eigenvalue weighted by Crippen LogP contribution is -2.11. The number of halogens is 3. The predicted molar refractivity (Wildman–Crippen MR) is 78.3 cm³/mol. The zero-order valence-electron chi connectivity index (χ0n) is 12.3. The van der Waals surface area contributed by atoms with Crippen LogP contribution in [0, 0.1) is 0 Å². The van der Waals surface area contributed by atoms with E-state index >= 15 is 0 Å². The molecule has 2 rings (SSSR count). The third kappa shape index (κ3) is 4.56. The number of hydrogen-bond donors (Lipinski definition) is 1. The second-order valence-corrected chi connectivity index (χ2v) is 5.03. The van der Waals surface area contributed by atoms with Gasteiger partial charge in [-0.25, -0.2) is 0 Å². The lowest BCUT2D eigenvalue weighted by Gasteiger charge is -2.14. The molecule has 0 saturated heterocycles. The summed E-state index contributed by atoms with van der Waals surface area (Å²) in [5.41, 5.74) is 0.105. The largest absolute Gasteiger partial charge is 0.491 e. The van der Waals surface area contributed by atoms with Crippen LogP contribution < -0.4 is 4.74 Å². The smallest absolute Gasteiger partial charge is 0.416 e. The van der Waals surface area contributed by atoms with E-state index < -0.39 is 17.8 Å². The summed E-state index contributed by atoms with van der Waals surface area (Å²) in [5.74, 6) is 0.391. The van der Waals surface area contributed by atoms with Crippen LogP contribution in [0.5, 0.6) is 5.75 Å². The molecule has 0 amide bonds. The molecular formula is C17H15F3O3. The molecule has 1 N–H and O–H groups in total. The Bertz CT molecular complexity index is 661. The van der Waals surface area contributed by atoms with Gasteiger partial charge in [0, 0.05) is 5.56 Å². The Hall–Kier alpha value is -2.34. The summed E-state index contributed by atoms with van der Waals surface area (Å²) in [5, 5.41) is 9.96. The summed E-state index contributed by atoms with van der Waals surface area (Å²) >= 11 is 0. The highest BCUT2D eigenvalue weighted by Crippen LogP contribution is 2.30. The number of benzene rings is 2. The molecule has 1 atom stereocenters. The van der Waals surface area contributed by atoms with E-state index in [0.29, 0.717) is 16.9 Å². The van der Waals surface area contributed by atoms with Crippen LogP contribution >= 0.6 is 0 Å². The van der Waals surface area contributed by atoms with Crippen LogP contribution in [-0.2, 0) is 6.18 Å². The first kappa shape index (κ1) is 17.0. The van der Waals surface area contributed by atoms with Crippen LogP contribution in [0.3, 0.4) is 0 Å². The van der Waals surface area contributed by atoms with Crippen molar-refractivity contribution in [1.82, 2.24) is 0 Å². The number of carbonyl (C=O) groups is 1. The molecular weight excluding hydrogens is 309 g/mol. The molecule has 0 aliphatic carbocycles. The molecule has 0 bridgehead atoms. The lowest BCUT2D eigenvalue weighted by molar-refractivity contribution is -0.137. The summed E-state index contributed by atoms with van der Waals surface area (Å²) in [6, 6.07) is 10.7. The number of ketones is 1. The molecule has 0 aliphatic rings. The van der Waals surface area contributed by atoms with E-state index in [1.54, 1.807) is 24.3 Å². The fraction of sp³-hybridized carbons (Fsp3) is 0.235. The van der Waals surface area contributed by atoms with E-state index in [1.807, 2.05) is 0 Å². The minimum atomic E-state index is -4.40. The van der Waals surface area contributed by atoms with Crippen LogP contribution in [0.1, 0.15) is 34.5 Å². The summed E-state index contributed by atoms with van der Waals surface area (Å²) in [4.78, 5) is 11.1. The van der Waals surface area contributed by atoms with E-state index in [0.717, 1.165) is 12.1 Å². The number of alkyl halides is 3. The van der Waals surface area contributed by atoms with Crippen molar-refractivity contribution in [2.45, 2.75) is 19.2 Å². The van der Waals surface area contributed by atoms with Gasteiger partial charge in [-0.3, -0.25) is 4.79 Å². The summed E-state index contributed by atoms with van der Waals surface area (Å²) in [7, 11) is 0. The monoisotopic (exact) mass is 324 g/mol. The van der Waals surface area contributed by atoms with Gasteiger partial charge in [0.1, 0.15) is 18.5 Å². The van der Waals surface area contributed by atoms with E-state index in [2.05, 4.69) is 0 Å². The van der Waals surface area contributed by atoms with Crippen molar-refractivity contribution in [3.8, 4) is 5.75 Å². The highest BCUT2D eigenvalue weighted by atomic mass is 19.4. The Morgan fingerprint density at radius 2 is 1.65 bits per heavy atom. The van der Waals surface area contributed by atoms with Crippen molar-refractivity contribution < 1.29 is 27.8 Å². The van der Waals surface area contributed by atoms with Gasteiger partial charge in [0.2, 0.25) is 0 Å². The molecule has 0 spiro atoms. The quantitative estimate of drug-likeness (QED) is 0.845. The van der Waals surface area contributed by atoms with Gasteiger partial charge in [-0.15, -0.1) is 0 Å². The van der Waals surface area contributed by atoms with Crippen molar-refractivity contribution >= 4 is 5.78 Å². The summed E-state index contributed by atoms with van der Waals surface area (Å²) < 4.78 is 42.8. The number of Topliss-reactive ketones (excluding diaryl/α,β-unsaturated/α-hetero) is 1. The Morgan fingerprint density at radius 1 is 1.09 bits per heavy atom. The molecule has 122 valence electrons. The maximum absolute atomic E-state index is 12.5. The van der Waals surface area contributed by atoms with E-state index in [-0.39, 0.29) is 12.4 Å². The molecule has 3 nitrogen and oxygen atoms in total. The van der Waals surface area contributed by atoms with Gasteiger partial charge in [0.15, 0.2) is 5.78 Å². The standard InChI is InChI=1S/C17H15F3O3/c1-11(21)12-4-8-15(9-5-12)23-10-16(22)13-2-6-14(7-3-13)17(18,19)20/h2-9,16,22H,10H2,1H3. The molecule has 0 heterocycles. The predicted octanol–water partition coefficient (Wildman–Crippen LogP) is 4.02. The fourth-order valence-corrected chi connectivity index (χ4v) is 1.95. The molecule has 2 aromatic carbocycles. The molecule has 0 radical (unpaired) electrons. The van der Waals surface area contributed by atoms with Crippen LogP contribution in [0.2, 0.25) is 0 Å². The molecule has 1 unspecified atom stereocenters. The van der Waals surface area contributed by atoms with Crippen LogP contribution in [0.15, 0.2) is 48.5 Å². The Labute approximate surface area is 131 Å². The molecule has 6 heteroatoms. The van der Waals surface area contributed by atoms with Gasteiger partial charge >= 0.3 is 6.18 Å². The maximum Gasteiger partial charge on any atom is 0.416 e. The number of rotatable bonds is 5. The van der Waals surface area contributed by atoms with Crippen molar-refractivity contribution in [3.05, 3.63) is 65.2 Å². The van der Waals surface area contributed by atoms with E-state index in [9.17, 15) is 23.1 Å². The first-order valence-electron chi connectivity index (χ1n) is 6.86. The maximum atomic E-state index is 12.5. The van der Waals surface area contributed by atoms with Gasteiger partial charge in [-0.05, 0) is 48.9 Å². The van der Waals surface area contributed by atoms with Crippen LogP contribution in [-0.4, -0.2) is 17.5 Å². The van der Waals surface area contributed by atoms with Gasteiger partial charge < -0.3 is 9.84 Å². The molecule has 23 heavy (non-hydrogen) atoms. The van der Waals surface area contributed by atoms with Gasteiger partial charge in [-0.2, -0.15) is 13.2 Å². The number of aliphatic hydroxyl groups excluding tert-OH is 1. The third-order valence-corrected chi connectivity index (χ3v) is 3.29. The number of carbonyl (C=O) groups excluding carboxylic acids is 1. The number of hydrogen-bond acceptors (Lipinski definition) is 3. The van der Waals surface area contributed by atoms with Crippen molar-refractivity contribution in [1.29, 1.82) is 0 Å². The Kier molecular flexibility index (Phi) is 5.05. The number of aliphatic hydroxyl groups is 1. The van der Waals surface area contributed by atoms with E-state index in [1.165, 1.54) is 19.1 Å². The molecule has 0 aromatic heterocycles. The lowest BCUT2D eigenvalue weighted by atomic mass is 10.1. The number of ether oxygens (including phenoxy) is 1. The topological polar surface area (TPSA) is 46.5 Å². The fourth-order valence-electron chi connectivity index (χ4n) is 1.95. The van der Waals surface area contributed by atoms with Crippen LogP contribution in [0.4, 0.5) is 13.2 Å². The van der Waals surface area contributed by atoms with Crippen LogP contribution in [0.25, 0.3) is 0 Å². The minimum absolute atomic E-state index is 0.0682. The van der Waals surface area contributed by atoms with E-state index in [4.69, 9.17) is 4.74 Å². The molecule has 0 fully saturated rings. The second-order valence-electron chi connectivity index (χ2n) is 5.03. The zero-order chi connectivity index (χ0) is 17.0.